The predicted molar refractivity (Wildman–Crippen MR) is 80.9 cm³/mol. The van der Waals surface area contributed by atoms with Crippen LogP contribution in [-0.4, -0.2) is 26.8 Å². The van der Waals surface area contributed by atoms with E-state index in [0.717, 1.165) is 36.7 Å². The van der Waals surface area contributed by atoms with E-state index >= 15 is 0 Å². The van der Waals surface area contributed by atoms with Crippen LogP contribution in [0.3, 0.4) is 0 Å². The summed E-state index contributed by atoms with van der Waals surface area (Å²) in [6.45, 7) is 10.5. The molecule has 0 aliphatic carbocycles. The van der Waals surface area contributed by atoms with Gasteiger partial charge in [0.05, 0.1) is 17.4 Å². The molecule has 2 aromatic heterocycles. The van der Waals surface area contributed by atoms with E-state index in [9.17, 15) is 0 Å². The van der Waals surface area contributed by atoms with Crippen LogP contribution in [0.4, 0.5) is 0 Å². The van der Waals surface area contributed by atoms with Gasteiger partial charge in [-0.25, -0.2) is 0 Å². The Bertz CT molecular complexity index is 608. The van der Waals surface area contributed by atoms with E-state index in [1.807, 2.05) is 6.92 Å². The molecule has 5 nitrogen and oxygen atoms in total. The lowest BCUT2D eigenvalue weighted by Gasteiger charge is -2.21. The van der Waals surface area contributed by atoms with Crippen LogP contribution >= 0.6 is 0 Å². The van der Waals surface area contributed by atoms with Gasteiger partial charge in [-0.1, -0.05) is 25.9 Å². The number of hydrogen-bond donors (Lipinski definition) is 1. The molecule has 1 saturated heterocycles. The molecule has 0 spiro atoms. The van der Waals surface area contributed by atoms with Crippen molar-refractivity contribution in [2.45, 2.75) is 58.5 Å². The number of hydrogen-bond acceptors (Lipinski definition) is 4. The van der Waals surface area contributed by atoms with Gasteiger partial charge in [-0.2, -0.15) is 5.10 Å². The van der Waals surface area contributed by atoms with Crippen LogP contribution in [0.25, 0.3) is 0 Å². The van der Waals surface area contributed by atoms with E-state index in [0.29, 0.717) is 6.04 Å². The largest absolute Gasteiger partial charge is 0.359 e. The highest BCUT2D eigenvalue weighted by atomic mass is 16.5. The zero-order chi connectivity index (χ0) is 15.0. The molecule has 0 bridgehead atoms. The van der Waals surface area contributed by atoms with Gasteiger partial charge < -0.3 is 4.52 Å². The maximum Gasteiger partial charge on any atom is 0.154 e. The Morgan fingerprint density at radius 2 is 2.19 bits per heavy atom. The van der Waals surface area contributed by atoms with Gasteiger partial charge in [0.2, 0.25) is 0 Å². The molecule has 0 amide bonds. The third-order valence-corrected chi connectivity index (χ3v) is 4.11. The average molecular weight is 288 g/mol. The number of nitrogens with one attached hydrogen (secondary N) is 1. The highest BCUT2D eigenvalue weighted by Gasteiger charge is 2.29. The summed E-state index contributed by atoms with van der Waals surface area (Å²) in [5, 5.41) is 11.6. The van der Waals surface area contributed by atoms with Gasteiger partial charge in [0.1, 0.15) is 0 Å². The second kappa shape index (κ2) is 5.30. The van der Waals surface area contributed by atoms with Gasteiger partial charge >= 0.3 is 0 Å². The Morgan fingerprint density at radius 3 is 2.81 bits per heavy atom. The van der Waals surface area contributed by atoms with E-state index in [2.05, 4.69) is 53.2 Å². The Balaban J connectivity index is 1.73. The average Bonchev–Trinajstić information content (AvgIpc) is 3.08. The molecule has 1 atom stereocenters. The summed E-state index contributed by atoms with van der Waals surface area (Å²) in [6.07, 6.45) is 2.33. The topological polar surface area (TPSA) is 58.0 Å². The molecule has 1 N–H and O–H groups in total. The fourth-order valence-electron chi connectivity index (χ4n) is 2.92. The number of aryl methyl sites for hydroxylation is 1. The van der Waals surface area contributed by atoms with Crippen LogP contribution in [-0.2, 0) is 12.0 Å². The van der Waals surface area contributed by atoms with Crippen LogP contribution in [0, 0.1) is 6.92 Å². The molecule has 114 valence electrons. The van der Waals surface area contributed by atoms with Crippen LogP contribution in [0.1, 0.15) is 62.5 Å². The number of nitrogens with zero attached hydrogens (tertiary/aromatic N) is 3. The van der Waals surface area contributed by atoms with Crippen LogP contribution in [0.15, 0.2) is 16.7 Å². The zero-order valence-corrected chi connectivity index (χ0v) is 13.3. The molecule has 2 aromatic rings. The third kappa shape index (κ3) is 3.02. The molecule has 1 aliphatic rings. The normalized spacial score (nSPS) is 20.3. The smallest absolute Gasteiger partial charge is 0.154 e. The first kappa shape index (κ1) is 14.3. The predicted octanol–water partition coefficient (Wildman–Crippen LogP) is 3.34. The van der Waals surface area contributed by atoms with Gasteiger partial charge in [0, 0.05) is 23.7 Å². The second-order valence-electron chi connectivity index (χ2n) is 7.03. The van der Waals surface area contributed by atoms with Gasteiger partial charge in [-0.15, -0.1) is 0 Å². The minimum absolute atomic E-state index is 0.0845. The quantitative estimate of drug-likeness (QED) is 0.941. The van der Waals surface area contributed by atoms with E-state index in [4.69, 9.17) is 4.52 Å². The van der Waals surface area contributed by atoms with Crippen molar-refractivity contribution in [1.82, 2.24) is 20.3 Å². The fraction of sp³-hybridized carbons (Fsp3) is 0.625. The summed E-state index contributed by atoms with van der Waals surface area (Å²) in [6, 6.07) is 4.57. The number of likely N-dealkylation sites (tertiary alicyclic amines) is 1. The molecule has 0 aromatic carbocycles. The lowest BCUT2D eigenvalue weighted by atomic mass is 9.92. The first-order chi connectivity index (χ1) is 9.93. The van der Waals surface area contributed by atoms with Gasteiger partial charge in [0.25, 0.3) is 0 Å². The van der Waals surface area contributed by atoms with E-state index < -0.39 is 0 Å². The standard InChI is InChI=1S/C16H24N4O/c1-11-8-14(21-19-11)13-6-5-7-20(13)10-12-9-15(18-17-12)16(2,3)4/h8-9,13H,5-7,10H2,1-4H3,(H,17,18). The minimum Gasteiger partial charge on any atom is -0.359 e. The SMILES string of the molecule is Cc1cc(C2CCCN2Cc2cc(C(C)(C)C)n[nH]2)on1. The summed E-state index contributed by atoms with van der Waals surface area (Å²) in [5.41, 5.74) is 3.32. The van der Waals surface area contributed by atoms with E-state index in [1.54, 1.807) is 0 Å². The van der Waals surface area contributed by atoms with Crippen molar-refractivity contribution >= 4 is 0 Å². The van der Waals surface area contributed by atoms with Crippen molar-refractivity contribution < 1.29 is 4.52 Å². The highest BCUT2D eigenvalue weighted by Crippen LogP contribution is 2.33. The number of rotatable bonds is 3. The van der Waals surface area contributed by atoms with Gasteiger partial charge in [0.15, 0.2) is 5.76 Å². The van der Waals surface area contributed by atoms with Crippen LogP contribution in [0.5, 0.6) is 0 Å². The molecular formula is C16H24N4O. The lowest BCUT2D eigenvalue weighted by Crippen LogP contribution is -2.22. The number of aromatic amines is 1. The Labute approximate surface area is 125 Å². The Morgan fingerprint density at radius 1 is 1.38 bits per heavy atom. The lowest BCUT2D eigenvalue weighted by molar-refractivity contribution is 0.204. The molecule has 0 radical (unpaired) electrons. The van der Waals surface area contributed by atoms with Crippen LogP contribution < -0.4 is 0 Å². The first-order valence-electron chi connectivity index (χ1n) is 7.65. The third-order valence-electron chi connectivity index (χ3n) is 4.11. The molecular weight excluding hydrogens is 264 g/mol. The van der Waals surface area contributed by atoms with Gasteiger partial charge in [-0.05, 0) is 32.4 Å². The molecule has 1 unspecified atom stereocenters. The fourth-order valence-corrected chi connectivity index (χ4v) is 2.92. The summed E-state index contributed by atoms with van der Waals surface area (Å²) in [7, 11) is 0. The van der Waals surface area contributed by atoms with Crippen LogP contribution in [0.2, 0.25) is 0 Å². The Hall–Kier alpha value is -1.62. The van der Waals surface area contributed by atoms with Crippen molar-refractivity contribution in [3.8, 4) is 0 Å². The highest BCUT2D eigenvalue weighted by molar-refractivity contribution is 5.17. The van der Waals surface area contributed by atoms with Crippen molar-refractivity contribution in [2.24, 2.45) is 0 Å². The van der Waals surface area contributed by atoms with Crippen molar-refractivity contribution in [1.29, 1.82) is 0 Å². The molecule has 5 heteroatoms. The summed E-state index contributed by atoms with van der Waals surface area (Å²) in [4.78, 5) is 2.44. The summed E-state index contributed by atoms with van der Waals surface area (Å²) >= 11 is 0. The van der Waals surface area contributed by atoms with Crippen molar-refractivity contribution in [3.05, 3.63) is 35.0 Å². The zero-order valence-electron chi connectivity index (χ0n) is 13.3. The molecule has 0 saturated carbocycles. The summed E-state index contributed by atoms with van der Waals surface area (Å²) in [5.74, 6) is 0.987. The minimum atomic E-state index is 0.0845. The second-order valence-corrected chi connectivity index (χ2v) is 7.03. The summed E-state index contributed by atoms with van der Waals surface area (Å²) < 4.78 is 5.46. The monoisotopic (exact) mass is 288 g/mol. The van der Waals surface area contributed by atoms with Crippen molar-refractivity contribution in [3.63, 3.8) is 0 Å². The molecule has 3 rings (SSSR count). The van der Waals surface area contributed by atoms with Crippen molar-refractivity contribution in [2.75, 3.05) is 6.54 Å². The maximum absolute atomic E-state index is 5.46. The molecule has 21 heavy (non-hydrogen) atoms. The van der Waals surface area contributed by atoms with E-state index in [1.165, 1.54) is 12.1 Å². The first-order valence-corrected chi connectivity index (χ1v) is 7.65. The number of aromatic nitrogens is 3. The molecule has 1 fully saturated rings. The van der Waals surface area contributed by atoms with Gasteiger partial charge in [-0.3, -0.25) is 10.00 Å². The molecule has 1 aliphatic heterocycles. The maximum atomic E-state index is 5.46. The molecule has 3 heterocycles. The van der Waals surface area contributed by atoms with E-state index in [-0.39, 0.29) is 5.41 Å². The Kier molecular flexibility index (Phi) is 3.61. The number of H-pyrrole nitrogens is 1.